The lowest BCUT2D eigenvalue weighted by Gasteiger charge is -2.19. The number of carbonyl (C=O) groups excluding carboxylic acids is 1. The Kier molecular flexibility index (Phi) is 5.39. The van der Waals surface area contributed by atoms with Gasteiger partial charge in [0.15, 0.2) is 6.04 Å². The van der Waals surface area contributed by atoms with Gasteiger partial charge in [-0.25, -0.2) is 9.59 Å². The Morgan fingerprint density at radius 1 is 0.933 bits per heavy atom. The first-order valence-corrected chi connectivity index (χ1v) is 9.57. The van der Waals surface area contributed by atoms with E-state index in [1.54, 1.807) is 24.3 Å². The quantitative estimate of drug-likeness (QED) is 0.639. The molecule has 2 N–H and O–H groups in total. The summed E-state index contributed by atoms with van der Waals surface area (Å²) in [4.78, 5) is 24.2. The number of aliphatic carboxylic acids is 1. The van der Waals surface area contributed by atoms with Gasteiger partial charge in [0.25, 0.3) is 0 Å². The smallest absolute Gasteiger partial charge is 0.408 e. The molecule has 0 heterocycles. The summed E-state index contributed by atoms with van der Waals surface area (Å²) in [6.07, 6.45) is -0.796. The number of fused-ring (bicyclic) bond motifs is 3. The van der Waals surface area contributed by atoms with Crippen molar-refractivity contribution in [2.75, 3.05) is 13.7 Å². The van der Waals surface area contributed by atoms with Crippen molar-refractivity contribution in [1.29, 1.82) is 0 Å². The zero-order chi connectivity index (χ0) is 21.1. The van der Waals surface area contributed by atoms with Gasteiger partial charge < -0.3 is 19.9 Å². The number of hydrogen-bond donors (Lipinski definition) is 2. The molecule has 0 radical (unpaired) electrons. The molecule has 1 aliphatic carbocycles. The molecule has 0 spiro atoms. The first-order chi connectivity index (χ1) is 14.6. The number of rotatable bonds is 6. The summed E-state index contributed by atoms with van der Waals surface area (Å²) in [7, 11) is 1.45. The summed E-state index contributed by atoms with van der Waals surface area (Å²) >= 11 is 0. The van der Waals surface area contributed by atoms with E-state index in [-0.39, 0.29) is 12.5 Å². The van der Waals surface area contributed by atoms with E-state index in [4.69, 9.17) is 9.47 Å². The van der Waals surface area contributed by atoms with Gasteiger partial charge in [-0.3, -0.25) is 0 Å². The van der Waals surface area contributed by atoms with E-state index in [1.165, 1.54) is 7.11 Å². The molecule has 0 unspecified atom stereocenters. The van der Waals surface area contributed by atoms with E-state index in [0.717, 1.165) is 22.3 Å². The Bertz CT molecular complexity index is 1050. The molecule has 0 fully saturated rings. The summed E-state index contributed by atoms with van der Waals surface area (Å²) in [5, 5.41) is 12.0. The second-order valence-electron chi connectivity index (χ2n) is 6.98. The third-order valence-electron chi connectivity index (χ3n) is 5.30. The van der Waals surface area contributed by atoms with Crippen molar-refractivity contribution in [3.05, 3.63) is 89.5 Å². The third-order valence-corrected chi connectivity index (χ3v) is 5.30. The maximum absolute atomic E-state index is 12.5. The molecule has 4 rings (SSSR count). The first kappa shape index (κ1) is 19.5. The van der Waals surface area contributed by atoms with Gasteiger partial charge in [0.1, 0.15) is 12.4 Å². The molecule has 0 bridgehead atoms. The highest BCUT2D eigenvalue weighted by Gasteiger charge is 2.30. The molecule has 6 heteroatoms. The van der Waals surface area contributed by atoms with Crippen LogP contribution in [-0.2, 0) is 9.53 Å². The molecule has 1 atom stereocenters. The highest BCUT2D eigenvalue weighted by atomic mass is 16.5. The van der Waals surface area contributed by atoms with Gasteiger partial charge in [0, 0.05) is 11.5 Å². The number of nitrogens with one attached hydrogen (secondary N) is 1. The number of para-hydroxylation sites is 1. The molecule has 6 nitrogen and oxygen atoms in total. The third kappa shape index (κ3) is 3.59. The zero-order valence-electron chi connectivity index (χ0n) is 16.4. The van der Waals surface area contributed by atoms with Gasteiger partial charge in [-0.1, -0.05) is 66.7 Å². The summed E-state index contributed by atoms with van der Waals surface area (Å²) in [5.74, 6) is -0.922. The van der Waals surface area contributed by atoms with Crippen LogP contribution >= 0.6 is 0 Å². The number of carboxylic acids is 1. The molecule has 30 heavy (non-hydrogen) atoms. The molecular weight excluding hydrogens is 382 g/mol. The predicted molar refractivity (Wildman–Crippen MR) is 112 cm³/mol. The molecule has 1 amide bonds. The van der Waals surface area contributed by atoms with E-state index >= 15 is 0 Å². The summed E-state index contributed by atoms with van der Waals surface area (Å²) in [6, 6.07) is 21.4. The number of alkyl carbamates (subject to hydrolysis) is 1. The molecule has 3 aromatic rings. The Labute approximate surface area is 174 Å². The van der Waals surface area contributed by atoms with Crippen LogP contribution in [0.1, 0.15) is 28.7 Å². The molecule has 0 aliphatic heterocycles. The number of amides is 1. The van der Waals surface area contributed by atoms with Gasteiger partial charge in [-0.2, -0.15) is 0 Å². The van der Waals surface area contributed by atoms with Gasteiger partial charge in [-0.05, 0) is 28.3 Å². The Balaban J connectivity index is 1.50. The van der Waals surface area contributed by atoms with Gasteiger partial charge in [-0.15, -0.1) is 0 Å². The molecule has 0 saturated carbocycles. The van der Waals surface area contributed by atoms with E-state index in [2.05, 4.69) is 17.4 Å². The number of methoxy groups -OCH3 is 1. The van der Waals surface area contributed by atoms with Crippen LogP contribution in [0.2, 0.25) is 0 Å². The van der Waals surface area contributed by atoms with Crippen LogP contribution in [0.25, 0.3) is 11.1 Å². The predicted octanol–water partition coefficient (Wildman–Crippen LogP) is 4.36. The topological polar surface area (TPSA) is 84.9 Å². The van der Waals surface area contributed by atoms with Crippen LogP contribution in [0.15, 0.2) is 72.8 Å². The van der Waals surface area contributed by atoms with Crippen LogP contribution in [0.3, 0.4) is 0 Å². The van der Waals surface area contributed by atoms with Crippen molar-refractivity contribution in [2.45, 2.75) is 12.0 Å². The highest BCUT2D eigenvalue weighted by Crippen LogP contribution is 2.44. The van der Waals surface area contributed by atoms with Crippen LogP contribution < -0.4 is 10.1 Å². The van der Waals surface area contributed by atoms with Gasteiger partial charge in [0.05, 0.1) is 7.11 Å². The van der Waals surface area contributed by atoms with E-state index < -0.39 is 18.1 Å². The molecule has 0 aromatic heterocycles. The van der Waals surface area contributed by atoms with Crippen LogP contribution in [0, 0.1) is 0 Å². The Morgan fingerprint density at radius 3 is 2.10 bits per heavy atom. The zero-order valence-corrected chi connectivity index (χ0v) is 16.4. The average molecular weight is 403 g/mol. The fourth-order valence-corrected chi connectivity index (χ4v) is 3.94. The van der Waals surface area contributed by atoms with E-state index in [9.17, 15) is 14.7 Å². The van der Waals surface area contributed by atoms with Crippen LogP contribution in [0.4, 0.5) is 4.79 Å². The largest absolute Gasteiger partial charge is 0.496 e. The molecule has 1 aliphatic rings. The van der Waals surface area contributed by atoms with E-state index in [0.29, 0.717) is 11.3 Å². The lowest BCUT2D eigenvalue weighted by molar-refractivity contribution is -0.139. The van der Waals surface area contributed by atoms with Crippen LogP contribution in [-0.4, -0.2) is 30.9 Å². The minimum absolute atomic E-state index is 0.0994. The highest BCUT2D eigenvalue weighted by molar-refractivity contribution is 5.82. The lowest BCUT2D eigenvalue weighted by atomic mass is 9.98. The van der Waals surface area contributed by atoms with Crippen molar-refractivity contribution < 1.29 is 24.2 Å². The molecule has 152 valence electrons. The molecule has 0 saturated heterocycles. The van der Waals surface area contributed by atoms with Crippen molar-refractivity contribution in [1.82, 2.24) is 5.32 Å². The van der Waals surface area contributed by atoms with Crippen LogP contribution in [0.5, 0.6) is 5.75 Å². The fraction of sp³-hybridized carbons (Fsp3) is 0.167. The van der Waals surface area contributed by atoms with Crippen molar-refractivity contribution in [2.24, 2.45) is 0 Å². The number of ether oxygens (including phenoxy) is 2. The molecular formula is C24H21NO5. The Morgan fingerprint density at radius 2 is 1.50 bits per heavy atom. The second kappa shape index (κ2) is 8.29. The van der Waals surface area contributed by atoms with Crippen molar-refractivity contribution >= 4 is 12.1 Å². The van der Waals surface area contributed by atoms with E-state index in [1.807, 2.05) is 36.4 Å². The average Bonchev–Trinajstić information content (AvgIpc) is 3.09. The van der Waals surface area contributed by atoms with Gasteiger partial charge in [0.2, 0.25) is 0 Å². The summed E-state index contributed by atoms with van der Waals surface area (Å²) in [6.45, 7) is 0.109. The molecule has 3 aromatic carbocycles. The minimum atomic E-state index is -1.28. The SMILES string of the molecule is COc1ccccc1[C@@H](NC(=O)OCC1c2ccccc2-c2ccccc21)C(=O)O. The lowest BCUT2D eigenvalue weighted by Crippen LogP contribution is -2.35. The standard InChI is InChI=1S/C24H21NO5/c1-29-21-13-7-6-12-19(21)22(23(26)27)25-24(28)30-14-20-17-10-4-2-8-15(17)16-9-3-5-11-18(16)20/h2-13,20,22H,14H2,1H3,(H,25,28)(H,26,27)/t22-/m1/s1. The normalized spacial score (nSPS) is 13.1. The monoisotopic (exact) mass is 403 g/mol. The van der Waals surface area contributed by atoms with Gasteiger partial charge >= 0.3 is 12.1 Å². The Hall–Kier alpha value is -3.80. The minimum Gasteiger partial charge on any atom is -0.496 e. The maximum atomic E-state index is 12.5. The number of hydrogen-bond acceptors (Lipinski definition) is 4. The number of carboxylic acid groups (broad SMARTS) is 1. The number of benzene rings is 3. The summed E-state index contributed by atoms with van der Waals surface area (Å²) in [5.41, 5.74) is 4.78. The number of carbonyl (C=O) groups is 2. The first-order valence-electron chi connectivity index (χ1n) is 9.57. The fourth-order valence-electron chi connectivity index (χ4n) is 3.94. The van der Waals surface area contributed by atoms with Crippen molar-refractivity contribution in [3.63, 3.8) is 0 Å². The summed E-state index contributed by atoms with van der Waals surface area (Å²) < 4.78 is 10.7. The second-order valence-corrected chi connectivity index (χ2v) is 6.98. The van der Waals surface area contributed by atoms with Crippen molar-refractivity contribution in [3.8, 4) is 16.9 Å². The maximum Gasteiger partial charge on any atom is 0.408 e.